The van der Waals surface area contributed by atoms with Gasteiger partial charge in [-0.15, -0.1) is 10.2 Å². The summed E-state index contributed by atoms with van der Waals surface area (Å²) in [6, 6.07) is 17.1. The third-order valence-corrected chi connectivity index (χ3v) is 7.29. The molecule has 13 heteroatoms. The van der Waals surface area contributed by atoms with Crippen molar-refractivity contribution in [1.29, 1.82) is 0 Å². The van der Waals surface area contributed by atoms with Crippen molar-refractivity contribution in [3.8, 4) is 23.0 Å². The normalized spacial score (nSPS) is 11.8. The van der Waals surface area contributed by atoms with Crippen LogP contribution in [0.15, 0.2) is 78.0 Å². The van der Waals surface area contributed by atoms with Crippen molar-refractivity contribution in [2.75, 3.05) is 23.9 Å². The van der Waals surface area contributed by atoms with Crippen LogP contribution < -0.4 is 15.4 Å². The fourth-order valence-electron chi connectivity index (χ4n) is 4.26. The average molecular weight is 571 g/mol. The van der Waals surface area contributed by atoms with Crippen molar-refractivity contribution in [2.45, 2.75) is 13.5 Å². The average Bonchev–Trinajstić information content (AvgIpc) is 3.62. The van der Waals surface area contributed by atoms with Gasteiger partial charge in [-0.05, 0) is 61.0 Å². The summed E-state index contributed by atoms with van der Waals surface area (Å²) in [4.78, 5) is 13.2. The molecular formula is C28H26N8O4S. The molecule has 0 aliphatic carbocycles. The number of nitrogens with one attached hydrogen (secondary N) is 2. The van der Waals surface area contributed by atoms with Crippen LogP contribution in [0.3, 0.4) is 0 Å². The number of nitrogens with zero attached hydrogens (tertiary/aromatic N) is 6. The first-order valence-electron chi connectivity index (χ1n) is 12.7. The van der Waals surface area contributed by atoms with Gasteiger partial charge in [0.1, 0.15) is 51.9 Å². The molecule has 0 radical (unpaired) electrons. The number of sulfone groups is 1. The van der Waals surface area contributed by atoms with Gasteiger partial charge in [0.05, 0.1) is 17.8 Å². The van der Waals surface area contributed by atoms with Gasteiger partial charge in [-0.25, -0.2) is 23.4 Å². The molecule has 0 bridgehead atoms. The number of furan rings is 1. The van der Waals surface area contributed by atoms with Gasteiger partial charge in [0, 0.05) is 35.5 Å². The Morgan fingerprint density at radius 1 is 1.00 bits per heavy atom. The van der Waals surface area contributed by atoms with Crippen LogP contribution in [0.4, 0.5) is 11.5 Å². The Bertz CT molecular complexity index is 1970. The van der Waals surface area contributed by atoms with Gasteiger partial charge < -0.3 is 19.8 Å². The molecule has 2 aromatic carbocycles. The predicted molar refractivity (Wildman–Crippen MR) is 154 cm³/mol. The third-order valence-electron chi connectivity index (χ3n) is 6.35. The maximum atomic E-state index is 11.3. The van der Waals surface area contributed by atoms with Gasteiger partial charge in [-0.1, -0.05) is 0 Å². The van der Waals surface area contributed by atoms with Crippen LogP contribution in [0.2, 0.25) is 0 Å². The minimum Gasteiger partial charge on any atom is -0.460 e. The number of ether oxygens (including phenoxy) is 1. The summed E-state index contributed by atoms with van der Waals surface area (Å²) in [6.45, 7) is 2.75. The summed E-state index contributed by atoms with van der Waals surface area (Å²) in [7, 11) is -3.01. The zero-order valence-electron chi connectivity index (χ0n) is 22.3. The highest BCUT2D eigenvalue weighted by Gasteiger charge is 2.12. The van der Waals surface area contributed by atoms with Crippen molar-refractivity contribution < 1.29 is 17.6 Å². The van der Waals surface area contributed by atoms with E-state index in [1.54, 1.807) is 23.1 Å². The number of benzene rings is 2. The molecule has 4 heterocycles. The van der Waals surface area contributed by atoms with Crippen LogP contribution in [0.25, 0.3) is 27.9 Å². The van der Waals surface area contributed by atoms with E-state index < -0.39 is 9.84 Å². The smallest absolute Gasteiger partial charge is 0.224 e. The van der Waals surface area contributed by atoms with E-state index in [9.17, 15) is 8.42 Å². The van der Waals surface area contributed by atoms with Gasteiger partial charge in [-0.2, -0.15) is 0 Å². The van der Waals surface area contributed by atoms with E-state index in [1.165, 1.54) is 12.6 Å². The molecule has 0 saturated heterocycles. The summed E-state index contributed by atoms with van der Waals surface area (Å²) in [5, 5.41) is 15.2. The Hall–Kier alpha value is -4.88. The maximum absolute atomic E-state index is 11.3. The standard InChI is InChI=1S/C28H26N8O4S/c1-18-11-20(4-7-24(18)40-27-13-26-35-33-17-36(26)16-32-27)34-28-22-12-19(3-6-23(22)30-15-31-28)25-8-5-21(39-25)14-29-9-10-41(2,37)38/h3-8,11-13,15-17,29H,9-10,14H2,1-2H3,(H,30,31,34). The van der Waals surface area contributed by atoms with E-state index in [0.29, 0.717) is 47.7 Å². The van der Waals surface area contributed by atoms with Crippen molar-refractivity contribution >= 4 is 37.9 Å². The quantitative estimate of drug-likeness (QED) is 0.227. The largest absolute Gasteiger partial charge is 0.460 e. The van der Waals surface area contributed by atoms with E-state index >= 15 is 0 Å². The molecule has 2 N–H and O–H groups in total. The summed E-state index contributed by atoms with van der Waals surface area (Å²) in [5.74, 6) is 3.23. The fraction of sp³-hybridized carbons (Fsp3) is 0.179. The van der Waals surface area contributed by atoms with Crippen LogP contribution in [-0.2, 0) is 16.4 Å². The molecule has 208 valence electrons. The van der Waals surface area contributed by atoms with Crippen LogP contribution >= 0.6 is 0 Å². The summed E-state index contributed by atoms with van der Waals surface area (Å²) >= 11 is 0. The highest BCUT2D eigenvalue weighted by molar-refractivity contribution is 7.90. The second-order valence-corrected chi connectivity index (χ2v) is 11.8. The van der Waals surface area contributed by atoms with Gasteiger partial charge in [0.15, 0.2) is 5.65 Å². The minimum atomic E-state index is -3.01. The van der Waals surface area contributed by atoms with E-state index in [2.05, 4.69) is 35.8 Å². The van der Waals surface area contributed by atoms with E-state index in [4.69, 9.17) is 9.15 Å². The molecule has 0 aliphatic rings. The van der Waals surface area contributed by atoms with E-state index in [-0.39, 0.29) is 5.75 Å². The van der Waals surface area contributed by atoms with Gasteiger partial charge in [-0.3, -0.25) is 4.40 Å². The van der Waals surface area contributed by atoms with Gasteiger partial charge >= 0.3 is 0 Å². The molecule has 4 aromatic heterocycles. The molecule has 6 aromatic rings. The number of hydrogen-bond donors (Lipinski definition) is 2. The Labute approximate surface area is 235 Å². The second-order valence-electron chi connectivity index (χ2n) is 9.56. The number of anilines is 2. The lowest BCUT2D eigenvalue weighted by molar-refractivity contribution is 0.458. The van der Waals surface area contributed by atoms with Crippen molar-refractivity contribution in [2.24, 2.45) is 0 Å². The first-order valence-corrected chi connectivity index (χ1v) is 14.8. The number of aromatic nitrogens is 6. The number of fused-ring (bicyclic) bond motifs is 2. The summed E-state index contributed by atoms with van der Waals surface area (Å²) in [6.07, 6.45) is 5.92. The Morgan fingerprint density at radius 3 is 2.76 bits per heavy atom. The molecule has 0 unspecified atom stereocenters. The third kappa shape index (κ3) is 6.15. The molecule has 0 saturated carbocycles. The number of aryl methyl sites for hydroxylation is 1. The van der Waals surface area contributed by atoms with E-state index in [1.807, 2.05) is 55.5 Å². The first kappa shape index (κ1) is 26.3. The van der Waals surface area contributed by atoms with Crippen molar-refractivity contribution in [3.05, 3.63) is 84.9 Å². The monoisotopic (exact) mass is 570 g/mol. The van der Waals surface area contributed by atoms with E-state index in [0.717, 1.165) is 27.7 Å². The molecule has 0 atom stereocenters. The lowest BCUT2D eigenvalue weighted by Crippen LogP contribution is -2.21. The predicted octanol–water partition coefficient (Wildman–Crippen LogP) is 4.31. The number of rotatable bonds is 10. The molecule has 0 fully saturated rings. The molecule has 0 amide bonds. The minimum absolute atomic E-state index is 0.0772. The fourth-order valence-corrected chi connectivity index (χ4v) is 4.78. The second kappa shape index (κ2) is 10.9. The maximum Gasteiger partial charge on any atom is 0.224 e. The highest BCUT2D eigenvalue weighted by Crippen LogP contribution is 2.32. The zero-order chi connectivity index (χ0) is 28.4. The Balaban J connectivity index is 1.18. The lowest BCUT2D eigenvalue weighted by atomic mass is 10.1. The molecule has 6 rings (SSSR count). The number of hydrogen-bond acceptors (Lipinski definition) is 11. The topological polar surface area (TPSA) is 149 Å². The molecular weight excluding hydrogens is 544 g/mol. The van der Waals surface area contributed by atoms with Crippen molar-refractivity contribution in [1.82, 2.24) is 34.9 Å². The molecule has 0 spiro atoms. The van der Waals surface area contributed by atoms with Crippen LogP contribution in [0.1, 0.15) is 11.3 Å². The lowest BCUT2D eigenvalue weighted by Gasteiger charge is -2.12. The summed E-state index contributed by atoms with van der Waals surface area (Å²) < 4.78 is 36.3. The molecule has 0 aliphatic heterocycles. The van der Waals surface area contributed by atoms with Crippen molar-refractivity contribution in [3.63, 3.8) is 0 Å². The molecule has 41 heavy (non-hydrogen) atoms. The molecule has 12 nitrogen and oxygen atoms in total. The SMILES string of the molecule is Cc1cc(Nc2ncnc3ccc(-c4ccc(CNCCS(C)(=O)=O)o4)cc23)ccc1Oc1cc2nncn2cn1. The van der Waals surface area contributed by atoms with Gasteiger partial charge in [0.2, 0.25) is 5.88 Å². The first-order chi connectivity index (χ1) is 19.8. The highest BCUT2D eigenvalue weighted by atomic mass is 32.2. The van der Waals surface area contributed by atoms with Crippen LogP contribution in [-0.4, -0.2) is 56.5 Å². The van der Waals surface area contributed by atoms with Gasteiger partial charge in [0.25, 0.3) is 0 Å². The summed E-state index contributed by atoms with van der Waals surface area (Å²) in [5.41, 5.74) is 4.04. The zero-order valence-corrected chi connectivity index (χ0v) is 23.1. The Morgan fingerprint density at radius 2 is 1.90 bits per heavy atom. The Kier molecular flexibility index (Phi) is 7.03. The van der Waals surface area contributed by atoms with Crippen LogP contribution in [0.5, 0.6) is 11.6 Å². The van der Waals surface area contributed by atoms with Crippen LogP contribution in [0, 0.1) is 6.92 Å².